The molecule has 4 fully saturated rings. The number of rotatable bonds is 9. The average molecular weight is 662 g/mol. The van der Waals surface area contributed by atoms with Crippen LogP contribution in [0.4, 0.5) is 13.2 Å². The van der Waals surface area contributed by atoms with E-state index in [-0.39, 0.29) is 27.7 Å². The summed E-state index contributed by atoms with van der Waals surface area (Å²) in [7, 11) is 0. The van der Waals surface area contributed by atoms with Gasteiger partial charge in [0.25, 0.3) is 0 Å². The SMILES string of the molecule is O=C(O)c1cc(C(F)(F)F)c2cc(OCC34CCC(OCc5c(-c6c(Cl)cncc6Cl)noc5C5CC5)(CC3)CC4)ccc2n1. The zero-order valence-corrected chi connectivity index (χ0v) is 25.4. The van der Waals surface area contributed by atoms with Crippen LogP contribution in [0.2, 0.25) is 10.0 Å². The summed E-state index contributed by atoms with van der Waals surface area (Å²) >= 11 is 12.9. The maximum Gasteiger partial charge on any atom is 0.417 e. The molecule has 2 bridgehead atoms. The van der Waals surface area contributed by atoms with Gasteiger partial charge in [-0.25, -0.2) is 9.78 Å². The summed E-state index contributed by atoms with van der Waals surface area (Å²) in [6.45, 7) is 0.677. The minimum atomic E-state index is -4.75. The number of nitrogens with zero attached hydrogens (tertiary/aromatic N) is 3. The van der Waals surface area contributed by atoms with Crippen molar-refractivity contribution in [3.05, 3.63) is 69.3 Å². The van der Waals surface area contributed by atoms with Crippen LogP contribution in [0.5, 0.6) is 5.75 Å². The molecule has 0 unspecified atom stereocenters. The molecular formula is C32H28Cl2F3N3O5. The Hall–Kier alpha value is -3.41. The number of halogens is 5. The van der Waals surface area contributed by atoms with Gasteiger partial charge in [-0.15, -0.1) is 0 Å². The number of fused-ring (bicyclic) bond motifs is 4. The number of carboxylic acid groups (broad SMARTS) is 1. The van der Waals surface area contributed by atoms with Crippen molar-refractivity contribution in [2.45, 2.75) is 75.7 Å². The third-order valence-electron chi connectivity index (χ3n) is 9.56. The van der Waals surface area contributed by atoms with Crippen LogP contribution in [0, 0.1) is 5.41 Å². The largest absolute Gasteiger partial charge is 0.493 e. The molecule has 4 aliphatic carbocycles. The Bertz CT molecular complexity index is 1760. The van der Waals surface area contributed by atoms with Gasteiger partial charge < -0.3 is 19.1 Å². The zero-order valence-electron chi connectivity index (χ0n) is 23.9. The molecule has 4 aromatic rings. The first-order valence-electron chi connectivity index (χ1n) is 14.8. The van der Waals surface area contributed by atoms with Gasteiger partial charge in [0.2, 0.25) is 0 Å². The van der Waals surface area contributed by atoms with Crippen molar-refractivity contribution in [1.82, 2.24) is 15.1 Å². The number of hydrogen-bond acceptors (Lipinski definition) is 7. The van der Waals surface area contributed by atoms with Crippen molar-refractivity contribution < 1.29 is 37.1 Å². The molecular weight excluding hydrogens is 634 g/mol. The number of hydrogen-bond donors (Lipinski definition) is 1. The predicted molar refractivity (Wildman–Crippen MR) is 159 cm³/mol. The van der Waals surface area contributed by atoms with Gasteiger partial charge in [-0.3, -0.25) is 4.98 Å². The van der Waals surface area contributed by atoms with Crippen LogP contribution >= 0.6 is 23.2 Å². The highest BCUT2D eigenvalue weighted by Gasteiger charge is 2.50. The first-order chi connectivity index (χ1) is 21.5. The molecule has 4 aliphatic rings. The van der Waals surface area contributed by atoms with E-state index in [1.165, 1.54) is 30.6 Å². The van der Waals surface area contributed by atoms with E-state index in [1.54, 1.807) is 0 Å². The molecule has 45 heavy (non-hydrogen) atoms. The Morgan fingerprint density at radius 2 is 1.73 bits per heavy atom. The van der Waals surface area contributed by atoms with Gasteiger partial charge >= 0.3 is 12.1 Å². The summed E-state index contributed by atoms with van der Waals surface area (Å²) in [5.41, 5.74) is -0.159. The maximum atomic E-state index is 13.8. The Morgan fingerprint density at radius 1 is 1.04 bits per heavy atom. The van der Waals surface area contributed by atoms with E-state index >= 15 is 0 Å². The fraction of sp³-hybridized carbons (Fsp3) is 0.438. The number of pyridine rings is 2. The highest BCUT2D eigenvalue weighted by atomic mass is 35.5. The van der Waals surface area contributed by atoms with Gasteiger partial charge in [-0.1, -0.05) is 28.4 Å². The number of aromatic carboxylic acids is 1. The van der Waals surface area contributed by atoms with E-state index in [0.29, 0.717) is 46.5 Å². The van der Waals surface area contributed by atoms with Crippen molar-refractivity contribution in [2.24, 2.45) is 5.41 Å². The molecule has 3 aromatic heterocycles. The number of ether oxygens (including phenoxy) is 2. The molecule has 4 saturated carbocycles. The highest BCUT2D eigenvalue weighted by molar-refractivity contribution is 6.38. The summed E-state index contributed by atoms with van der Waals surface area (Å²) in [6.07, 6.45) is 5.40. The van der Waals surface area contributed by atoms with E-state index in [4.69, 9.17) is 37.2 Å². The number of carbonyl (C=O) groups is 1. The van der Waals surface area contributed by atoms with E-state index in [9.17, 15) is 23.1 Å². The first-order valence-corrected chi connectivity index (χ1v) is 15.5. The highest BCUT2D eigenvalue weighted by Crippen LogP contribution is 2.55. The quantitative estimate of drug-likeness (QED) is 0.189. The lowest BCUT2D eigenvalue weighted by Gasteiger charge is -2.52. The third kappa shape index (κ3) is 5.74. The van der Waals surface area contributed by atoms with Crippen molar-refractivity contribution in [2.75, 3.05) is 6.61 Å². The summed E-state index contributed by atoms with van der Waals surface area (Å²) in [4.78, 5) is 19.2. The number of aromatic nitrogens is 3. The predicted octanol–water partition coefficient (Wildman–Crippen LogP) is 8.87. The molecule has 13 heteroatoms. The summed E-state index contributed by atoms with van der Waals surface area (Å²) in [5.74, 6) is -0.115. The molecule has 1 aromatic carbocycles. The van der Waals surface area contributed by atoms with Crippen LogP contribution in [0.3, 0.4) is 0 Å². The smallest absolute Gasteiger partial charge is 0.417 e. The topological polar surface area (TPSA) is 108 Å². The van der Waals surface area contributed by atoms with Gasteiger partial charge in [-0.2, -0.15) is 13.2 Å². The second-order valence-electron chi connectivity index (χ2n) is 12.4. The molecule has 0 amide bonds. The molecule has 236 valence electrons. The number of benzene rings is 1. The first kappa shape index (κ1) is 30.3. The minimum absolute atomic E-state index is 0.0562. The normalized spacial score (nSPS) is 23.0. The number of carboxylic acids is 1. The van der Waals surface area contributed by atoms with Gasteiger partial charge in [0, 0.05) is 40.2 Å². The second kappa shape index (κ2) is 11.1. The monoisotopic (exact) mass is 661 g/mol. The Kier molecular flexibility index (Phi) is 7.49. The van der Waals surface area contributed by atoms with Crippen molar-refractivity contribution in [1.29, 1.82) is 0 Å². The standard InChI is InChI=1S/C32H28Cl2F3N3O5/c33-22-13-38-14-23(34)26(22)27-20(28(45-40-27)17-1-2-17)15-44-31-8-5-30(6-9-31,7-10-31)16-43-18-3-4-24-19(11-18)21(32(35,36)37)12-25(39-24)29(41)42/h3-4,11-14,17H,1-2,5-10,15-16H2,(H,41,42). The van der Waals surface area contributed by atoms with Crippen LogP contribution in [0.25, 0.3) is 22.2 Å². The van der Waals surface area contributed by atoms with Gasteiger partial charge in [-0.05, 0) is 75.6 Å². The summed E-state index contributed by atoms with van der Waals surface area (Å²) < 4.78 is 60.0. The zero-order chi connectivity index (χ0) is 31.6. The molecule has 0 radical (unpaired) electrons. The van der Waals surface area contributed by atoms with Crippen LogP contribution < -0.4 is 4.74 Å². The van der Waals surface area contributed by atoms with Gasteiger partial charge in [0.1, 0.15) is 22.9 Å². The van der Waals surface area contributed by atoms with Gasteiger partial charge in [0.15, 0.2) is 0 Å². The van der Waals surface area contributed by atoms with E-state index in [2.05, 4.69) is 15.1 Å². The Balaban J connectivity index is 1.04. The Labute approximate surface area is 265 Å². The molecule has 3 heterocycles. The fourth-order valence-corrected chi connectivity index (χ4v) is 7.27. The molecule has 0 saturated heterocycles. The summed E-state index contributed by atoms with van der Waals surface area (Å²) in [5, 5.41) is 14.1. The lowest BCUT2D eigenvalue weighted by Crippen LogP contribution is -2.49. The molecule has 0 atom stereocenters. The second-order valence-corrected chi connectivity index (χ2v) is 13.2. The van der Waals surface area contributed by atoms with Crippen LogP contribution in [0.1, 0.15) is 84.7 Å². The fourth-order valence-electron chi connectivity index (χ4n) is 6.72. The molecule has 0 aliphatic heterocycles. The van der Waals surface area contributed by atoms with Crippen molar-refractivity contribution in [3.8, 4) is 17.0 Å². The third-order valence-corrected chi connectivity index (χ3v) is 10.1. The van der Waals surface area contributed by atoms with Crippen molar-refractivity contribution >= 4 is 40.1 Å². The molecule has 8 nitrogen and oxygen atoms in total. The Morgan fingerprint density at radius 3 is 2.36 bits per heavy atom. The van der Waals surface area contributed by atoms with E-state index in [0.717, 1.165) is 62.7 Å². The lowest BCUT2D eigenvalue weighted by molar-refractivity contribution is -0.150. The van der Waals surface area contributed by atoms with E-state index < -0.39 is 23.4 Å². The summed E-state index contributed by atoms with van der Waals surface area (Å²) in [6, 6.07) is 4.76. The van der Waals surface area contributed by atoms with Crippen LogP contribution in [-0.4, -0.2) is 38.4 Å². The molecule has 0 spiro atoms. The average Bonchev–Trinajstić information content (AvgIpc) is 3.78. The van der Waals surface area contributed by atoms with E-state index in [1.807, 2.05) is 0 Å². The maximum absolute atomic E-state index is 13.8. The van der Waals surface area contributed by atoms with Crippen LogP contribution in [0.15, 0.2) is 41.2 Å². The van der Waals surface area contributed by atoms with Crippen LogP contribution in [-0.2, 0) is 17.5 Å². The van der Waals surface area contributed by atoms with Crippen molar-refractivity contribution in [3.63, 3.8) is 0 Å². The van der Waals surface area contributed by atoms with Gasteiger partial charge in [0.05, 0.1) is 39.9 Å². The lowest BCUT2D eigenvalue weighted by atomic mass is 9.59. The number of alkyl halides is 3. The minimum Gasteiger partial charge on any atom is -0.493 e. The molecule has 8 rings (SSSR count). The molecule has 1 N–H and O–H groups in total.